The Morgan fingerprint density at radius 1 is 1.21 bits per heavy atom. The topological polar surface area (TPSA) is 73.2 Å². The standard InChI is InChI=1S/C21H22FN3O3S/c1-4-25-18-9-7-14(20(27)28-5-2)10-17(18)24-21(25)29-12-19(26)23-15-8-6-13(3)16(22)11-15/h6-11H,4-5,12H2,1-3H3,(H,23,26). The Morgan fingerprint density at radius 3 is 2.69 bits per heavy atom. The number of imidazole rings is 1. The van der Waals surface area contributed by atoms with E-state index in [0.717, 1.165) is 5.52 Å². The molecule has 1 aromatic heterocycles. The van der Waals surface area contributed by atoms with Crippen molar-refractivity contribution in [3.8, 4) is 0 Å². The summed E-state index contributed by atoms with van der Waals surface area (Å²) in [5.74, 6) is -0.871. The largest absolute Gasteiger partial charge is 0.462 e. The molecule has 0 aliphatic rings. The van der Waals surface area contributed by atoms with E-state index in [1.165, 1.54) is 17.8 Å². The van der Waals surface area contributed by atoms with Gasteiger partial charge < -0.3 is 14.6 Å². The molecule has 1 amide bonds. The number of thioether (sulfide) groups is 1. The summed E-state index contributed by atoms with van der Waals surface area (Å²) in [5.41, 5.74) is 2.93. The number of hydrogen-bond acceptors (Lipinski definition) is 5. The zero-order valence-corrected chi connectivity index (χ0v) is 17.3. The maximum Gasteiger partial charge on any atom is 0.338 e. The van der Waals surface area contributed by atoms with E-state index in [0.29, 0.717) is 40.6 Å². The zero-order chi connectivity index (χ0) is 21.0. The number of anilines is 1. The molecule has 1 heterocycles. The number of nitrogens with one attached hydrogen (secondary N) is 1. The molecule has 0 radical (unpaired) electrons. The van der Waals surface area contributed by atoms with E-state index in [-0.39, 0.29) is 23.4 Å². The number of rotatable bonds is 7. The highest BCUT2D eigenvalue weighted by atomic mass is 32.2. The number of carbonyl (C=O) groups excluding carboxylic acids is 2. The summed E-state index contributed by atoms with van der Waals surface area (Å²) in [6, 6.07) is 9.82. The van der Waals surface area contributed by atoms with Gasteiger partial charge in [0.1, 0.15) is 5.82 Å². The van der Waals surface area contributed by atoms with Gasteiger partial charge in [-0.15, -0.1) is 0 Å². The fourth-order valence-electron chi connectivity index (χ4n) is 2.86. The SMILES string of the molecule is CCOC(=O)c1ccc2c(c1)nc(SCC(=O)Nc1ccc(C)c(F)c1)n2CC. The maximum atomic E-state index is 13.6. The Kier molecular flexibility index (Phi) is 6.53. The van der Waals surface area contributed by atoms with Crippen molar-refractivity contribution in [3.63, 3.8) is 0 Å². The van der Waals surface area contributed by atoms with Gasteiger partial charge in [-0.3, -0.25) is 4.79 Å². The van der Waals surface area contributed by atoms with Crippen LogP contribution in [0.3, 0.4) is 0 Å². The fraction of sp³-hybridized carbons (Fsp3) is 0.286. The Labute approximate surface area is 172 Å². The van der Waals surface area contributed by atoms with E-state index in [9.17, 15) is 14.0 Å². The summed E-state index contributed by atoms with van der Waals surface area (Å²) in [4.78, 5) is 28.8. The van der Waals surface area contributed by atoms with Crippen LogP contribution in [-0.2, 0) is 16.1 Å². The van der Waals surface area contributed by atoms with E-state index in [1.807, 2.05) is 17.6 Å². The number of benzene rings is 2. The third kappa shape index (κ3) is 4.76. The Hall–Kier alpha value is -2.87. The molecule has 0 unspecified atom stereocenters. The van der Waals surface area contributed by atoms with Crippen molar-refractivity contribution in [2.45, 2.75) is 32.5 Å². The molecule has 3 aromatic rings. The molecule has 1 N–H and O–H groups in total. The molecule has 0 bridgehead atoms. The van der Waals surface area contributed by atoms with Crippen LogP contribution < -0.4 is 5.32 Å². The lowest BCUT2D eigenvalue weighted by molar-refractivity contribution is -0.113. The van der Waals surface area contributed by atoms with Crippen LogP contribution in [0.15, 0.2) is 41.6 Å². The van der Waals surface area contributed by atoms with E-state index in [2.05, 4.69) is 10.3 Å². The van der Waals surface area contributed by atoms with Gasteiger partial charge in [0.15, 0.2) is 5.16 Å². The lowest BCUT2D eigenvalue weighted by Gasteiger charge is -2.07. The van der Waals surface area contributed by atoms with Gasteiger partial charge >= 0.3 is 5.97 Å². The zero-order valence-electron chi connectivity index (χ0n) is 16.5. The molecule has 3 rings (SSSR count). The summed E-state index contributed by atoms with van der Waals surface area (Å²) >= 11 is 1.29. The normalized spacial score (nSPS) is 10.9. The number of esters is 1. The number of aromatic nitrogens is 2. The molecule has 0 atom stereocenters. The first kappa shape index (κ1) is 20.9. The van der Waals surface area contributed by atoms with Crippen molar-refractivity contribution in [2.75, 3.05) is 17.7 Å². The van der Waals surface area contributed by atoms with Gasteiger partial charge in [0, 0.05) is 12.2 Å². The molecule has 6 nitrogen and oxygen atoms in total. The van der Waals surface area contributed by atoms with Gasteiger partial charge in [-0.25, -0.2) is 14.2 Å². The van der Waals surface area contributed by atoms with Gasteiger partial charge in [-0.2, -0.15) is 0 Å². The van der Waals surface area contributed by atoms with Crippen LogP contribution in [0, 0.1) is 12.7 Å². The van der Waals surface area contributed by atoms with Crippen LogP contribution in [0.5, 0.6) is 0 Å². The number of nitrogens with zero attached hydrogens (tertiary/aromatic N) is 2. The average Bonchev–Trinajstić information content (AvgIpc) is 3.06. The van der Waals surface area contributed by atoms with Gasteiger partial charge in [0.05, 0.1) is 29.0 Å². The Bertz CT molecular complexity index is 1060. The second kappa shape index (κ2) is 9.09. The van der Waals surface area contributed by atoms with Crippen molar-refractivity contribution in [3.05, 3.63) is 53.3 Å². The second-order valence-electron chi connectivity index (χ2n) is 6.36. The molecule has 8 heteroatoms. The molecule has 0 saturated heterocycles. The van der Waals surface area contributed by atoms with Crippen molar-refractivity contribution in [2.24, 2.45) is 0 Å². The molecular formula is C21H22FN3O3S. The predicted octanol–water partition coefficient (Wildman–Crippen LogP) is 4.41. The van der Waals surface area contributed by atoms with Gasteiger partial charge in [0.25, 0.3) is 0 Å². The van der Waals surface area contributed by atoms with Crippen molar-refractivity contribution < 1.29 is 18.7 Å². The highest BCUT2D eigenvalue weighted by molar-refractivity contribution is 7.99. The van der Waals surface area contributed by atoms with Gasteiger partial charge in [-0.1, -0.05) is 17.8 Å². The molecular weight excluding hydrogens is 393 g/mol. The second-order valence-corrected chi connectivity index (χ2v) is 7.31. The monoisotopic (exact) mass is 415 g/mol. The van der Waals surface area contributed by atoms with Crippen LogP contribution in [-0.4, -0.2) is 33.8 Å². The van der Waals surface area contributed by atoms with Gasteiger partial charge in [0.2, 0.25) is 5.91 Å². The number of amides is 1. The van der Waals surface area contributed by atoms with E-state index in [4.69, 9.17) is 4.74 Å². The lowest BCUT2D eigenvalue weighted by Crippen LogP contribution is -2.14. The summed E-state index contributed by atoms with van der Waals surface area (Å²) in [6.07, 6.45) is 0. The minimum absolute atomic E-state index is 0.129. The van der Waals surface area contributed by atoms with Crippen LogP contribution in [0.4, 0.5) is 10.1 Å². The molecule has 0 saturated carbocycles. The van der Waals surface area contributed by atoms with Gasteiger partial charge in [-0.05, 0) is 56.7 Å². The lowest BCUT2D eigenvalue weighted by atomic mass is 10.2. The number of halogens is 1. The van der Waals surface area contributed by atoms with Crippen molar-refractivity contribution in [1.82, 2.24) is 9.55 Å². The third-order valence-corrected chi connectivity index (χ3v) is 5.30. The number of carbonyl (C=O) groups is 2. The number of fused-ring (bicyclic) bond motifs is 1. The molecule has 0 aliphatic carbocycles. The highest BCUT2D eigenvalue weighted by Gasteiger charge is 2.15. The maximum absolute atomic E-state index is 13.6. The molecule has 2 aromatic carbocycles. The Balaban J connectivity index is 1.74. The minimum Gasteiger partial charge on any atom is -0.462 e. The summed E-state index contributed by atoms with van der Waals surface area (Å²) < 4.78 is 20.6. The number of aryl methyl sites for hydroxylation is 2. The highest BCUT2D eigenvalue weighted by Crippen LogP contribution is 2.25. The van der Waals surface area contributed by atoms with Crippen molar-refractivity contribution >= 4 is 40.4 Å². The summed E-state index contributed by atoms with van der Waals surface area (Å²) in [7, 11) is 0. The quantitative estimate of drug-likeness (QED) is 0.457. The molecule has 0 spiro atoms. The molecule has 152 valence electrons. The first-order chi connectivity index (χ1) is 13.9. The predicted molar refractivity (Wildman–Crippen MR) is 112 cm³/mol. The Morgan fingerprint density at radius 2 is 2.00 bits per heavy atom. The van der Waals surface area contributed by atoms with Crippen LogP contribution in [0.2, 0.25) is 0 Å². The third-order valence-electron chi connectivity index (χ3n) is 4.33. The first-order valence-electron chi connectivity index (χ1n) is 9.29. The van der Waals surface area contributed by atoms with Crippen LogP contribution >= 0.6 is 11.8 Å². The summed E-state index contributed by atoms with van der Waals surface area (Å²) in [6.45, 7) is 6.38. The first-order valence-corrected chi connectivity index (χ1v) is 10.3. The smallest absolute Gasteiger partial charge is 0.338 e. The fourth-order valence-corrected chi connectivity index (χ4v) is 3.74. The van der Waals surface area contributed by atoms with Crippen LogP contribution in [0.1, 0.15) is 29.8 Å². The van der Waals surface area contributed by atoms with Crippen LogP contribution in [0.25, 0.3) is 11.0 Å². The number of hydrogen-bond donors (Lipinski definition) is 1. The van der Waals surface area contributed by atoms with E-state index < -0.39 is 0 Å². The molecule has 29 heavy (non-hydrogen) atoms. The van der Waals surface area contributed by atoms with E-state index in [1.54, 1.807) is 38.1 Å². The number of ether oxygens (including phenoxy) is 1. The summed E-state index contributed by atoms with van der Waals surface area (Å²) in [5, 5.41) is 3.37. The minimum atomic E-state index is -0.389. The van der Waals surface area contributed by atoms with E-state index >= 15 is 0 Å². The van der Waals surface area contributed by atoms with Crippen molar-refractivity contribution in [1.29, 1.82) is 0 Å². The average molecular weight is 415 g/mol. The molecule has 0 aliphatic heterocycles. The molecule has 0 fully saturated rings.